The van der Waals surface area contributed by atoms with Crippen LogP contribution in [0.1, 0.15) is 37.1 Å². The van der Waals surface area contributed by atoms with E-state index in [9.17, 15) is 9.59 Å². The van der Waals surface area contributed by atoms with Crippen LogP contribution in [0.25, 0.3) is 33.0 Å². The molecule has 35 heavy (non-hydrogen) atoms. The highest BCUT2D eigenvalue weighted by Gasteiger charge is 2.38. The third kappa shape index (κ3) is 3.43. The van der Waals surface area contributed by atoms with E-state index in [-0.39, 0.29) is 11.8 Å². The van der Waals surface area contributed by atoms with Crippen molar-refractivity contribution >= 4 is 44.8 Å². The quantitative estimate of drug-likeness (QED) is 0.432. The van der Waals surface area contributed by atoms with Crippen molar-refractivity contribution in [3.05, 3.63) is 71.5 Å². The number of aromatic nitrogens is 2. The van der Waals surface area contributed by atoms with Gasteiger partial charge in [0, 0.05) is 64.5 Å². The maximum Gasteiger partial charge on any atom is 0.259 e. The number of aryl methyl sites for hydroxylation is 2. The number of imide groups is 1. The van der Waals surface area contributed by atoms with Crippen molar-refractivity contribution in [1.82, 2.24) is 19.8 Å². The highest BCUT2D eigenvalue weighted by atomic mass is 16.2. The van der Waals surface area contributed by atoms with Crippen LogP contribution in [0.4, 0.5) is 0 Å². The average Bonchev–Trinajstić information content (AvgIpc) is 3.45. The molecule has 0 unspecified atom stereocenters. The van der Waals surface area contributed by atoms with E-state index in [1.807, 2.05) is 54.2 Å². The number of carbonyl (C=O) groups is 2. The molecule has 6 nitrogen and oxygen atoms in total. The number of hydrogen-bond acceptors (Lipinski definition) is 3. The molecule has 0 spiro atoms. The molecule has 2 aliphatic heterocycles. The van der Waals surface area contributed by atoms with Crippen molar-refractivity contribution in [3.63, 3.8) is 0 Å². The Balaban J connectivity index is 1.60. The standard InChI is InChI=1S/C29H30N4O2/c1-17(2)30-15-18-12-13-33-23-11-7-5-9-20(23)25(24(33)14-18)27-26(28(34)31-29(27)35)21-16-32(3)22-10-6-4-8-19(21)22/h4-11,16-18,30H,12-15H2,1-3H3,(H,31,34,35)/t18-/m1/s1. The Bertz CT molecular complexity index is 1540. The molecule has 0 saturated heterocycles. The van der Waals surface area contributed by atoms with E-state index in [0.29, 0.717) is 23.1 Å². The number of hydrogen-bond donors (Lipinski definition) is 2. The van der Waals surface area contributed by atoms with Gasteiger partial charge in [-0.25, -0.2) is 0 Å². The van der Waals surface area contributed by atoms with Gasteiger partial charge in [-0.2, -0.15) is 0 Å². The van der Waals surface area contributed by atoms with E-state index in [1.165, 1.54) is 0 Å². The summed E-state index contributed by atoms with van der Waals surface area (Å²) in [7, 11) is 1.97. The molecule has 2 N–H and O–H groups in total. The molecular formula is C29H30N4O2. The summed E-state index contributed by atoms with van der Waals surface area (Å²) in [6.07, 6.45) is 3.93. The van der Waals surface area contributed by atoms with Crippen molar-refractivity contribution in [2.45, 2.75) is 39.3 Å². The Morgan fingerprint density at radius 2 is 1.66 bits per heavy atom. The van der Waals surface area contributed by atoms with Crippen LogP contribution in [-0.2, 0) is 29.6 Å². The molecule has 178 valence electrons. The molecule has 4 aromatic rings. The number of rotatable bonds is 5. The van der Waals surface area contributed by atoms with E-state index < -0.39 is 0 Å². The number of nitrogens with zero attached hydrogens (tertiary/aromatic N) is 2. The second-order valence-electron chi connectivity index (χ2n) is 10.1. The second kappa shape index (κ2) is 8.24. The van der Waals surface area contributed by atoms with Crippen LogP contribution in [0.5, 0.6) is 0 Å². The number of amides is 2. The minimum absolute atomic E-state index is 0.306. The Hall–Kier alpha value is -3.64. The zero-order chi connectivity index (χ0) is 24.3. The summed E-state index contributed by atoms with van der Waals surface area (Å²) in [5, 5.41) is 8.22. The molecule has 2 aromatic carbocycles. The molecule has 1 atom stereocenters. The highest BCUT2D eigenvalue weighted by molar-refractivity contribution is 6.51. The predicted molar refractivity (Wildman–Crippen MR) is 140 cm³/mol. The Labute approximate surface area is 204 Å². The Morgan fingerprint density at radius 1 is 0.971 bits per heavy atom. The van der Waals surface area contributed by atoms with E-state index in [1.54, 1.807) is 0 Å². The molecule has 0 radical (unpaired) electrons. The lowest BCUT2D eigenvalue weighted by Gasteiger charge is -2.27. The SMILES string of the molecule is CC(C)NC[C@@H]1CCn2c(c(C3=C(c4cn(C)c5ccccc45)C(=O)NC3=O)c3ccccc32)C1. The van der Waals surface area contributed by atoms with Crippen molar-refractivity contribution in [2.75, 3.05) is 6.54 Å². The van der Waals surface area contributed by atoms with E-state index in [0.717, 1.165) is 64.6 Å². The van der Waals surface area contributed by atoms with Gasteiger partial charge in [-0.1, -0.05) is 50.2 Å². The fraction of sp³-hybridized carbons (Fsp3) is 0.310. The molecule has 6 heteroatoms. The molecule has 2 aromatic heterocycles. The van der Waals surface area contributed by atoms with Gasteiger partial charge in [-0.3, -0.25) is 14.9 Å². The highest BCUT2D eigenvalue weighted by Crippen LogP contribution is 2.42. The van der Waals surface area contributed by atoms with E-state index >= 15 is 0 Å². The smallest absolute Gasteiger partial charge is 0.259 e. The number of fused-ring (bicyclic) bond motifs is 4. The lowest BCUT2D eigenvalue weighted by atomic mass is 9.89. The third-order valence-corrected chi connectivity index (χ3v) is 7.48. The molecule has 2 amide bonds. The van der Waals surface area contributed by atoms with Crippen molar-refractivity contribution in [2.24, 2.45) is 13.0 Å². The number of nitrogens with one attached hydrogen (secondary N) is 2. The predicted octanol–water partition coefficient (Wildman–Crippen LogP) is 4.26. The first-order chi connectivity index (χ1) is 16.9. The van der Waals surface area contributed by atoms with Crippen molar-refractivity contribution < 1.29 is 9.59 Å². The first-order valence-corrected chi connectivity index (χ1v) is 12.4. The summed E-state index contributed by atoms with van der Waals surface area (Å²) >= 11 is 0. The Morgan fingerprint density at radius 3 is 2.43 bits per heavy atom. The van der Waals surface area contributed by atoms with Gasteiger partial charge in [0.05, 0.1) is 11.1 Å². The van der Waals surface area contributed by atoms with Crippen LogP contribution in [0.2, 0.25) is 0 Å². The molecular weight excluding hydrogens is 436 g/mol. The molecule has 6 rings (SSSR count). The molecule has 2 aliphatic rings. The second-order valence-corrected chi connectivity index (χ2v) is 10.1. The molecule has 0 aliphatic carbocycles. The first-order valence-electron chi connectivity index (χ1n) is 12.4. The molecule has 0 fully saturated rings. The monoisotopic (exact) mass is 466 g/mol. The van der Waals surface area contributed by atoms with E-state index in [2.05, 4.69) is 41.2 Å². The number of carbonyl (C=O) groups excluding carboxylic acids is 2. The summed E-state index contributed by atoms with van der Waals surface area (Å²) in [4.78, 5) is 26.7. The van der Waals surface area contributed by atoms with Gasteiger partial charge >= 0.3 is 0 Å². The van der Waals surface area contributed by atoms with Crippen LogP contribution in [-0.4, -0.2) is 33.5 Å². The van der Waals surface area contributed by atoms with Crippen LogP contribution in [0.15, 0.2) is 54.7 Å². The van der Waals surface area contributed by atoms with Crippen molar-refractivity contribution in [1.29, 1.82) is 0 Å². The lowest BCUT2D eigenvalue weighted by Crippen LogP contribution is -2.33. The Kier molecular flexibility index (Phi) is 5.15. The van der Waals surface area contributed by atoms with Crippen LogP contribution >= 0.6 is 0 Å². The van der Waals surface area contributed by atoms with Gasteiger partial charge in [0.1, 0.15) is 0 Å². The normalized spacial score (nSPS) is 18.2. The summed E-state index contributed by atoms with van der Waals surface area (Å²) in [6, 6.07) is 16.7. The fourth-order valence-corrected chi connectivity index (χ4v) is 5.86. The van der Waals surface area contributed by atoms with Crippen molar-refractivity contribution in [3.8, 4) is 0 Å². The van der Waals surface area contributed by atoms with E-state index in [4.69, 9.17) is 0 Å². The molecule has 0 saturated carbocycles. The van der Waals surface area contributed by atoms with Gasteiger partial charge in [0.15, 0.2) is 0 Å². The largest absolute Gasteiger partial charge is 0.350 e. The summed E-state index contributed by atoms with van der Waals surface area (Å²) in [5.41, 5.74) is 6.03. The van der Waals surface area contributed by atoms with Gasteiger partial charge in [-0.15, -0.1) is 0 Å². The van der Waals surface area contributed by atoms with Gasteiger partial charge < -0.3 is 14.5 Å². The number of benzene rings is 2. The topological polar surface area (TPSA) is 68.1 Å². The fourth-order valence-electron chi connectivity index (χ4n) is 5.86. The van der Waals surface area contributed by atoms with Gasteiger partial charge in [0.2, 0.25) is 0 Å². The van der Waals surface area contributed by atoms with Gasteiger partial charge in [0.25, 0.3) is 11.8 Å². The summed E-state index contributed by atoms with van der Waals surface area (Å²) < 4.78 is 4.38. The zero-order valence-corrected chi connectivity index (χ0v) is 20.4. The third-order valence-electron chi connectivity index (χ3n) is 7.48. The van der Waals surface area contributed by atoms with Gasteiger partial charge in [-0.05, 0) is 37.4 Å². The minimum Gasteiger partial charge on any atom is -0.350 e. The zero-order valence-electron chi connectivity index (χ0n) is 20.4. The molecule has 0 bridgehead atoms. The lowest BCUT2D eigenvalue weighted by molar-refractivity contribution is -0.122. The summed E-state index contributed by atoms with van der Waals surface area (Å²) in [6.45, 7) is 6.19. The first kappa shape index (κ1) is 21.9. The minimum atomic E-state index is -0.320. The average molecular weight is 467 g/mol. The van der Waals surface area contributed by atoms with Crippen LogP contribution < -0.4 is 10.6 Å². The number of para-hydroxylation sites is 2. The van der Waals surface area contributed by atoms with Crippen LogP contribution in [0.3, 0.4) is 0 Å². The molecule has 4 heterocycles. The maximum absolute atomic E-state index is 13.4. The maximum atomic E-state index is 13.4. The van der Waals surface area contributed by atoms with Crippen LogP contribution in [0, 0.1) is 5.92 Å². The summed E-state index contributed by atoms with van der Waals surface area (Å²) in [5.74, 6) is -0.145.